The van der Waals surface area contributed by atoms with Crippen molar-refractivity contribution in [2.24, 2.45) is 56.7 Å². The molecule has 5 aliphatic carbocycles. The van der Waals surface area contributed by atoms with Crippen LogP contribution in [0.5, 0.6) is 0 Å². The molecule has 0 aromatic carbocycles. The molecule has 5 nitrogen and oxygen atoms in total. The Morgan fingerprint density at radius 1 is 0.795 bits per heavy atom. The Hall–Kier alpha value is -1.10. The first-order chi connectivity index (χ1) is 17.9. The number of hydrogen-bond acceptors (Lipinski definition) is 5. The highest BCUT2D eigenvalue weighted by Gasteiger charge is 2.71. The summed E-state index contributed by atoms with van der Waals surface area (Å²) in [4.78, 5) is 23.9. The van der Waals surface area contributed by atoms with Gasteiger partial charge in [0, 0.05) is 24.7 Å². The zero-order chi connectivity index (χ0) is 28.8. The van der Waals surface area contributed by atoms with Crippen LogP contribution < -0.4 is 0 Å². The lowest BCUT2D eigenvalue weighted by molar-refractivity contribution is -0.255. The van der Waals surface area contributed by atoms with Gasteiger partial charge in [0.15, 0.2) is 0 Å². The molecule has 0 amide bonds. The minimum Gasteiger partial charge on any atom is -0.465 e. The molecule has 5 rings (SSSR count). The number of rotatable bonds is 4. The quantitative estimate of drug-likeness (QED) is 0.375. The van der Waals surface area contributed by atoms with Crippen molar-refractivity contribution in [3.05, 3.63) is 0 Å². The first kappa shape index (κ1) is 29.4. The maximum atomic E-state index is 11.9. The van der Waals surface area contributed by atoms with E-state index in [0.29, 0.717) is 30.3 Å². The van der Waals surface area contributed by atoms with Gasteiger partial charge in [0.2, 0.25) is 0 Å². The smallest absolute Gasteiger partial charge is 0.302 e. The van der Waals surface area contributed by atoms with Crippen LogP contribution in [0.3, 0.4) is 0 Å². The Labute approximate surface area is 237 Å². The fourth-order valence-electron chi connectivity index (χ4n) is 12.4. The van der Waals surface area contributed by atoms with E-state index in [1.807, 2.05) is 13.8 Å². The van der Waals surface area contributed by atoms with Crippen molar-refractivity contribution in [2.75, 3.05) is 6.61 Å². The number of esters is 2. The van der Waals surface area contributed by atoms with Crippen LogP contribution in [0, 0.1) is 56.7 Å². The molecule has 10 atom stereocenters. The minimum absolute atomic E-state index is 0.00507. The van der Waals surface area contributed by atoms with Crippen LogP contribution in [0.15, 0.2) is 0 Å². The standard InChI is InChI=1S/C34H56O5/c1-21(35)38-20-34-17-12-23(30(5,6)37)28(34)24-10-11-26-31(7)15-14-27(39-22(2)36)29(3,4)25(31)13-16-33(26,9)32(24,8)18-19-34/h23-28,37H,10-20H2,1-9H3/t23-,24-,25+,26-,27+,28-,31+,32-,33-,34-/m1/s1. The molecule has 0 bridgehead atoms. The third kappa shape index (κ3) is 4.16. The fraction of sp³-hybridized carbons (Fsp3) is 0.941. The summed E-state index contributed by atoms with van der Waals surface area (Å²) in [6, 6.07) is 0. The van der Waals surface area contributed by atoms with Crippen LogP contribution in [0.4, 0.5) is 0 Å². The largest absolute Gasteiger partial charge is 0.465 e. The first-order valence-corrected chi connectivity index (χ1v) is 16.0. The lowest BCUT2D eigenvalue weighted by Crippen LogP contribution is -2.67. The van der Waals surface area contributed by atoms with Crippen molar-refractivity contribution in [3.8, 4) is 0 Å². The molecule has 1 N–H and O–H groups in total. The van der Waals surface area contributed by atoms with Crippen LogP contribution in [-0.2, 0) is 19.1 Å². The Balaban J connectivity index is 1.50. The van der Waals surface area contributed by atoms with E-state index in [-0.39, 0.29) is 51.0 Å². The summed E-state index contributed by atoms with van der Waals surface area (Å²) in [5.41, 5.74) is -0.110. The van der Waals surface area contributed by atoms with E-state index < -0.39 is 5.60 Å². The predicted octanol–water partition coefficient (Wildman–Crippen LogP) is 7.33. The Morgan fingerprint density at radius 3 is 2.10 bits per heavy atom. The van der Waals surface area contributed by atoms with E-state index in [1.165, 1.54) is 39.0 Å². The lowest BCUT2D eigenvalue weighted by Gasteiger charge is -2.73. The predicted molar refractivity (Wildman–Crippen MR) is 153 cm³/mol. The molecular weight excluding hydrogens is 488 g/mol. The monoisotopic (exact) mass is 544 g/mol. The topological polar surface area (TPSA) is 72.8 Å². The third-order valence-electron chi connectivity index (χ3n) is 14.3. The van der Waals surface area contributed by atoms with Crippen molar-refractivity contribution < 1.29 is 24.2 Å². The van der Waals surface area contributed by atoms with Gasteiger partial charge in [0.05, 0.1) is 12.2 Å². The van der Waals surface area contributed by atoms with Gasteiger partial charge in [-0.15, -0.1) is 0 Å². The van der Waals surface area contributed by atoms with Crippen LogP contribution in [0.2, 0.25) is 0 Å². The van der Waals surface area contributed by atoms with Gasteiger partial charge in [0.1, 0.15) is 6.10 Å². The molecule has 222 valence electrons. The van der Waals surface area contributed by atoms with Gasteiger partial charge in [-0.2, -0.15) is 0 Å². The van der Waals surface area contributed by atoms with Gasteiger partial charge in [-0.25, -0.2) is 0 Å². The van der Waals surface area contributed by atoms with Crippen LogP contribution in [0.1, 0.15) is 127 Å². The van der Waals surface area contributed by atoms with Crippen molar-refractivity contribution in [1.29, 1.82) is 0 Å². The molecule has 0 saturated heterocycles. The van der Waals surface area contributed by atoms with Crippen LogP contribution >= 0.6 is 0 Å². The van der Waals surface area contributed by atoms with Crippen molar-refractivity contribution in [1.82, 2.24) is 0 Å². The van der Waals surface area contributed by atoms with Gasteiger partial charge >= 0.3 is 11.9 Å². The number of carbonyl (C=O) groups is 2. The Morgan fingerprint density at radius 2 is 1.49 bits per heavy atom. The maximum Gasteiger partial charge on any atom is 0.302 e. The average molecular weight is 545 g/mol. The number of hydrogen-bond donors (Lipinski definition) is 1. The molecule has 5 fully saturated rings. The van der Waals surface area contributed by atoms with Gasteiger partial charge in [0.25, 0.3) is 0 Å². The molecule has 0 unspecified atom stereocenters. The summed E-state index contributed by atoms with van der Waals surface area (Å²) in [5, 5.41) is 11.4. The molecule has 0 aromatic heterocycles. The van der Waals surface area contributed by atoms with E-state index >= 15 is 0 Å². The zero-order valence-electron chi connectivity index (χ0n) is 26.3. The third-order valence-corrected chi connectivity index (χ3v) is 14.3. The molecule has 0 radical (unpaired) electrons. The highest BCUT2D eigenvalue weighted by atomic mass is 16.5. The summed E-state index contributed by atoms with van der Waals surface area (Å²) >= 11 is 0. The van der Waals surface area contributed by atoms with Crippen LogP contribution in [0.25, 0.3) is 0 Å². The Kier molecular flexibility index (Phi) is 6.93. The van der Waals surface area contributed by atoms with Crippen molar-refractivity contribution in [2.45, 2.75) is 138 Å². The second-order valence-corrected chi connectivity index (χ2v) is 16.6. The summed E-state index contributed by atoms with van der Waals surface area (Å²) in [6.07, 6.45) is 11.3. The number of fused-ring (bicyclic) bond motifs is 7. The van der Waals surface area contributed by atoms with Gasteiger partial charge in [-0.1, -0.05) is 34.6 Å². The highest BCUT2D eigenvalue weighted by Crippen LogP contribution is 2.77. The highest BCUT2D eigenvalue weighted by molar-refractivity contribution is 5.66. The summed E-state index contributed by atoms with van der Waals surface area (Å²) in [7, 11) is 0. The second-order valence-electron chi connectivity index (χ2n) is 16.6. The summed E-state index contributed by atoms with van der Waals surface area (Å²) in [6.45, 7) is 20.1. The van der Waals surface area contributed by atoms with Gasteiger partial charge in [-0.3, -0.25) is 9.59 Å². The molecule has 0 heterocycles. The molecule has 5 saturated carbocycles. The summed E-state index contributed by atoms with van der Waals surface area (Å²) < 4.78 is 11.7. The van der Waals surface area contributed by atoms with Crippen LogP contribution in [-0.4, -0.2) is 35.4 Å². The fourth-order valence-corrected chi connectivity index (χ4v) is 12.4. The molecule has 0 aliphatic heterocycles. The zero-order valence-corrected chi connectivity index (χ0v) is 26.3. The summed E-state index contributed by atoms with van der Waals surface area (Å²) in [5.74, 6) is 2.01. The molecular formula is C34H56O5. The molecule has 5 aliphatic rings. The van der Waals surface area contributed by atoms with E-state index in [9.17, 15) is 14.7 Å². The molecule has 39 heavy (non-hydrogen) atoms. The Bertz CT molecular complexity index is 996. The second kappa shape index (κ2) is 9.20. The minimum atomic E-state index is -0.735. The van der Waals surface area contributed by atoms with E-state index in [2.05, 4.69) is 34.6 Å². The average Bonchev–Trinajstić information content (AvgIpc) is 3.20. The van der Waals surface area contributed by atoms with E-state index in [1.54, 1.807) is 6.92 Å². The van der Waals surface area contributed by atoms with E-state index in [0.717, 1.165) is 32.1 Å². The van der Waals surface area contributed by atoms with Crippen molar-refractivity contribution >= 4 is 11.9 Å². The molecule has 0 spiro atoms. The van der Waals surface area contributed by atoms with E-state index in [4.69, 9.17) is 9.47 Å². The molecule has 0 aromatic rings. The maximum absolute atomic E-state index is 11.9. The van der Waals surface area contributed by atoms with Crippen molar-refractivity contribution in [3.63, 3.8) is 0 Å². The SMILES string of the molecule is CC(=O)OC[C@]12CC[C@@H](C(C)(C)O)[C@@H]1[C@H]1CC[C@@H]3[C@@]4(C)CC[C@H](OC(C)=O)C(C)(C)[C@@H]4CC[C@@]3(C)[C@]1(C)CC2. The molecule has 5 heteroatoms. The number of carbonyl (C=O) groups excluding carboxylic acids is 2. The van der Waals surface area contributed by atoms with Gasteiger partial charge in [-0.05, 0) is 124 Å². The first-order valence-electron chi connectivity index (χ1n) is 16.0. The van der Waals surface area contributed by atoms with Gasteiger partial charge < -0.3 is 14.6 Å². The number of ether oxygens (including phenoxy) is 2. The number of aliphatic hydroxyl groups is 1. The normalized spacial score (nSPS) is 48.7. The lowest BCUT2D eigenvalue weighted by atomic mass is 9.32.